The van der Waals surface area contributed by atoms with E-state index in [1.165, 1.54) is 0 Å². The number of carbonyl (C=O) groups is 1. The van der Waals surface area contributed by atoms with Crippen LogP contribution in [0.5, 0.6) is 0 Å². The van der Waals surface area contributed by atoms with Crippen molar-refractivity contribution in [2.45, 2.75) is 32.7 Å². The molecule has 18 heavy (non-hydrogen) atoms. The molecule has 0 saturated carbocycles. The summed E-state index contributed by atoms with van der Waals surface area (Å²) in [6.45, 7) is 5.36. The third-order valence-electron chi connectivity index (χ3n) is 3.54. The summed E-state index contributed by atoms with van der Waals surface area (Å²) >= 11 is 0. The first kappa shape index (κ1) is 15.0. The van der Waals surface area contributed by atoms with Gasteiger partial charge in [-0.25, -0.2) is 0 Å². The number of aryl methyl sites for hydroxylation is 1. The van der Waals surface area contributed by atoms with Crippen molar-refractivity contribution in [3.05, 3.63) is 17.5 Å². The fourth-order valence-corrected chi connectivity index (χ4v) is 2.54. The molecule has 0 spiro atoms. The van der Waals surface area contributed by atoms with Crippen LogP contribution in [0.2, 0.25) is 0 Å². The van der Waals surface area contributed by atoms with Gasteiger partial charge in [0.15, 0.2) is 0 Å². The van der Waals surface area contributed by atoms with Crippen LogP contribution in [0.1, 0.15) is 35.9 Å². The van der Waals surface area contributed by atoms with Crippen molar-refractivity contribution in [2.24, 2.45) is 11.7 Å². The fourth-order valence-electron chi connectivity index (χ4n) is 2.54. The van der Waals surface area contributed by atoms with Crippen LogP contribution >= 0.6 is 12.4 Å². The Morgan fingerprint density at radius 3 is 2.94 bits per heavy atom. The van der Waals surface area contributed by atoms with Gasteiger partial charge in [0.05, 0.1) is 0 Å². The zero-order valence-electron chi connectivity index (χ0n) is 10.8. The van der Waals surface area contributed by atoms with Crippen LogP contribution in [0.4, 0.5) is 0 Å². The summed E-state index contributed by atoms with van der Waals surface area (Å²) in [5, 5.41) is 6.83. The van der Waals surface area contributed by atoms with E-state index in [1.54, 1.807) is 6.07 Å². The van der Waals surface area contributed by atoms with Crippen LogP contribution < -0.4 is 5.73 Å². The largest absolute Gasteiger partial charge is 0.333 e. The normalized spacial score (nSPS) is 23.6. The molecule has 6 heteroatoms. The number of nitrogens with zero attached hydrogens (tertiary/aromatic N) is 2. The molecule has 2 unspecified atom stereocenters. The quantitative estimate of drug-likeness (QED) is 0.853. The van der Waals surface area contributed by atoms with E-state index in [0.29, 0.717) is 18.2 Å². The molecule has 5 nitrogen and oxygen atoms in total. The minimum absolute atomic E-state index is 0. The van der Waals surface area contributed by atoms with E-state index in [9.17, 15) is 4.79 Å². The van der Waals surface area contributed by atoms with Gasteiger partial charge in [0.2, 0.25) is 0 Å². The van der Waals surface area contributed by atoms with Gasteiger partial charge in [-0.05, 0) is 31.7 Å². The van der Waals surface area contributed by atoms with Gasteiger partial charge in [0, 0.05) is 24.8 Å². The van der Waals surface area contributed by atoms with E-state index in [0.717, 1.165) is 25.1 Å². The Balaban J connectivity index is 0.00000162. The van der Waals surface area contributed by atoms with Gasteiger partial charge in [-0.3, -0.25) is 9.89 Å². The Morgan fingerprint density at radius 2 is 2.39 bits per heavy atom. The predicted molar refractivity (Wildman–Crippen MR) is 72.8 cm³/mol. The highest BCUT2D eigenvalue weighted by Gasteiger charge is 2.32. The predicted octanol–water partition coefficient (Wildman–Crippen LogP) is 1.34. The minimum Gasteiger partial charge on any atom is -0.333 e. The van der Waals surface area contributed by atoms with Gasteiger partial charge in [-0.2, -0.15) is 5.10 Å². The zero-order valence-corrected chi connectivity index (χ0v) is 11.7. The van der Waals surface area contributed by atoms with Crippen LogP contribution in [-0.2, 0) is 0 Å². The maximum atomic E-state index is 12.3. The lowest BCUT2D eigenvalue weighted by Crippen LogP contribution is -2.51. The topological polar surface area (TPSA) is 75.0 Å². The molecule has 0 aliphatic carbocycles. The van der Waals surface area contributed by atoms with Crippen molar-refractivity contribution >= 4 is 18.3 Å². The maximum Gasteiger partial charge on any atom is 0.274 e. The maximum absolute atomic E-state index is 12.3. The van der Waals surface area contributed by atoms with Gasteiger partial charge >= 0.3 is 0 Å². The number of aromatic nitrogens is 2. The Labute approximate surface area is 114 Å². The summed E-state index contributed by atoms with van der Waals surface area (Å²) in [7, 11) is 0. The molecule has 1 aromatic rings. The molecule has 1 saturated heterocycles. The number of rotatable bonds is 2. The molecule has 1 aromatic heterocycles. The SMILES string of the molecule is Cc1cc(C(=O)N2CCCC(C)C2CN)n[nH]1.Cl. The first-order chi connectivity index (χ1) is 8.13. The molecule has 2 heterocycles. The first-order valence-electron chi connectivity index (χ1n) is 6.16. The summed E-state index contributed by atoms with van der Waals surface area (Å²) < 4.78 is 0. The highest BCUT2D eigenvalue weighted by molar-refractivity contribution is 5.92. The van der Waals surface area contributed by atoms with Gasteiger partial charge in [0.1, 0.15) is 5.69 Å². The molecule has 3 N–H and O–H groups in total. The average Bonchev–Trinajstić information content (AvgIpc) is 2.74. The van der Waals surface area contributed by atoms with Crippen molar-refractivity contribution < 1.29 is 4.79 Å². The van der Waals surface area contributed by atoms with Gasteiger partial charge in [0.25, 0.3) is 5.91 Å². The Hall–Kier alpha value is -1.07. The Bertz CT molecular complexity index is 407. The minimum atomic E-state index is -0.00338. The number of amides is 1. The van der Waals surface area contributed by atoms with Crippen LogP contribution in [-0.4, -0.2) is 40.1 Å². The highest BCUT2D eigenvalue weighted by Crippen LogP contribution is 2.23. The molecule has 1 fully saturated rings. The zero-order chi connectivity index (χ0) is 12.4. The van der Waals surface area contributed by atoms with Crippen molar-refractivity contribution in [2.75, 3.05) is 13.1 Å². The molecule has 102 valence electrons. The number of hydrogen-bond acceptors (Lipinski definition) is 3. The number of aromatic amines is 1. The number of hydrogen-bond donors (Lipinski definition) is 2. The average molecular weight is 273 g/mol. The second-order valence-electron chi connectivity index (χ2n) is 4.86. The third kappa shape index (κ3) is 2.84. The monoisotopic (exact) mass is 272 g/mol. The van der Waals surface area contributed by atoms with E-state index in [2.05, 4.69) is 17.1 Å². The van der Waals surface area contributed by atoms with Crippen LogP contribution in [0, 0.1) is 12.8 Å². The van der Waals surface area contributed by atoms with Crippen molar-refractivity contribution in [3.63, 3.8) is 0 Å². The highest BCUT2D eigenvalue weighted by atomic mass is 35.5. The molecule has 1 amide bonds. The van der Waals surface area contributed by atoms with Crippen molar-refractivity contribution in [1.29, 1.82) is 0 Å². The van der Waals surface area contributed by atoms with E-state index >= 15 is 0 Å². The molecule has 2 rings (SSSR count). The summed E-state index contributed by atoms with van der Waals surface area (Å²) in [6.07, 6.45) is 2.19. The van der Waals surface area contributed by atoms with E-state index in [1.807, 2.05) is 11.8 Å². The third-order valence-corrected chi connectivity index (χ3v) is 3.54. The lowest BCUT2D eigenvalue weighted by Gasteiger charge is -2.39. The Kier molecular flexibility index (Phi) is 5.16. The lowest BCUT2D eigenvalue weighted by molar-refractivity contribution is 0.0526. The molecule has 1 aliphatic rings. The lowest BCUT2D eigenvalue weighted by atomic mass is 9.90. The number of carbonyl (C=O) groups excluding carboxylic acids is 1. The smallest absolute Gasteiger partial charge is 0.274 e. The molecular formula is C12H21ClN4O. The molecule has 0 bridgehead atoms. The summed E-state index contributed by atoms with van der Waals surface area (Å²) in [6, 6.07) is 1.93. The van der Waals surface area contributed by atoms with Gasteiger partial charge in [-0.15, -0.1) is 12.4 Å². The number of likely N-dealkylation sites (tertiary alicyclic amines) is 1. The van der Waals surface area contributed by atoms with Crippen molar-refractivity contribution in [1.82, 2.24) is 15.1 Å². The molecule has 0 radical (unpaired) electrons. The van der Waals surface area contributed by atoms with Crippen LogP contribution in [0.25, 0.3) is 0 Å². The summed E-state index contributed by atoms with van der Waals surface area (Å²) in [5.41, 5.74) is 7.18. The summed E-state index contributed by atoms with van der Waals surface area (Å²) in [4.78, 5) is 14.2. The molecule has 0 aromatic carbocycles. The van der Waals surface area contributed by atoms with Crippen molar-refractivity contribution in [3.8, 4) is 0 Å². The number of halogens is 1. The number of nitrogens with two attached hydrogens (primary N) is 1. The number of piperidine rings is 1. The molecule has 1 aliphatic heterocycles. The van der Waals surface area contributed by atoms with Gasteiger partial charge < -0.3 is 10.6 Å². The summed E-state index contributed by atoms with van der Waals surface area (Å²) in [5.74, 6) is 0.467. The van der Waals surface area contributed by atoms with E-state index < -0.39 is 0 Å². The standard InChI is InChI=1S/C12H20N4O.ClH/c1-8-4-3-5-16(11(8)7-13)12(17)10-6-9(2)14-15-10;/h6,8,11H,3-5,7,13H2,1-2H3,(H,14,15);1H. The van der Waals surface area contributed by atoms with E-state index in [4.69, 9.17) is 5.73 Å². The fraction of sp³-hybridized carbons (Fsp3) is 0.667. The molecular weight excluding hydrogens is 252 g/mol. The second-order valence-corrected chi connectivity index (χ2v) is 4.86. The first-order valence-corrected chi connectivity index (χ1v) is 6.16. The van der Waals surface area contributed by atoms with Gasteiger partial charge in [-0.1, -0.05) is 6.92 Å². The molecule has 2 atom stereocenters. The number of H-pyrrole nitrogens is 1. The number of nitrogens with one attached hydrogen (secondary N) is 1. The second kappa shape index (κ2) is 6.20. The Morgan fingerprint density at radius 1 is 1.67 bits per heavy atom. The van der Waals surface area contributed by atoms with Crippen LogP contribution in [0.15, 0.2) is 6.07 Å². The van der Waals surface area contributed by atoms with Crippen LogP contribution in [0.3, 0.4) is 0 Å². The van der Waals surface area contributed by atoms with E-state index in [-0.39, 0.29) is 24.4 Å².